The number of aromatic amines is 1. The molecule has 0 aliphatic heterocycles. The van der Waals surface area contributed by atoms with Gasteiger partial charge < -0.3 is 5.73 Å². The van der Waals surface area contributed by atoms with Gasteiger partial charge in [0.15, 0.2) is 0 Å². The number of nitrogens with two attached hydrogens (primary N) is 1. The number of aromatic nitrogens is 3. The molecule has 1 aromatic heterocycles. The van der Waals surface area contributed by atoms with Crippen LogP contribution in [0.1, 0.15) is 37.4 Å². The van der Waals surface area contributed by atoms with Gasteiger partial charge in [-0.2, -0.15) is 5.10 Å². The zero-order chi connectivity index (χ0) is 14.8. The Morgan fingerprint density at radius 3 is 2.52 bits per heavy atom. The minimum absolute atomic E-state index is 0.201. The van der Waals surface area contributed by atoms with Crippen LogP contribution in [0.5, 0.6) is 0 Å². The molecule has 0 bridgehead atoms. The predicted molar refractivity (Wildman–Crippen MR) is 82.9 cm³/mol. The molecule has 3 rings (SSSR count). The summed E-state index contributed by atoms with van der Waals surface area (Å²) in [6.07, 6.45) is 4.26. The highest BCUT2D eigenvalue weighted by atomic mass is 35.5. The summed E-state index contributed by atoms with van der Waals surface area (Å²) in [5, 5.41) is 7.48. The first-order chi connectivity index (χ1) is 10.2. The summed E-state index contributed by atoms with van der Waals surface area (Å²) < 4.78 is 1.66. The molecule has 112 valence electrons. The molecule has 1 saturated carbocycles. The number of hydrogen-bond acceptors (Lipinski definition) is 3. The van der Waals surface area contributed by atoms with E-state index in [-0.39, 0.29) is 5.69 Å². The quantitative estimate of drug-likeness (QED) is 0.914. The second-order valence-corrected chi connectivity index (χ2v) is 6.09. The highest BCUT2D eigenvalue weighted by molar-refractivity contribution is 6.30. The highest BCUT2D eigenvalue weighted by Crippen LogP contribution is 2.34. The molecule has 1 aromatic carbocycles. The molecule has 0 amide bonds. The van der Waals surface area contributed by atoms with Crippen LogP contribution in [-0.4, -0.2) is 21.3 Å². The summed E-state index contributed by atoms with van der Waals surface area (Å²) in [5.74, 6) is 1.73. The molecule has 1 aliphatic rings. The Hall–Kier alpha value is -1.59. The maximum Gasteiger partial charge on any atom is 0.347 e. The third-order valence-corrected chi connectivity index (χ3v) is 4.58. The molecule has 21 heavy (non-hydrogen) atoms. The first-order valence-corrected chi connectivity index (χ1v) is 7.70. The standard InChI is InChI=1S/C15H19ClN4O/c16-12-5-7-13(8-6-12)20-14(18-19-15(20)21)11-3-1-10(9-17)2-4-11/h5-8,10-11H,1-4,9,17H2,(H,19,21). The summed E-state index contributed by atoms with van der Waals surface area (Å²) in [4.78, 5) is 12.1. The van der Waals surface area contributed by atoms with E-state index in [1.165, 1.54) is 0 Å². The smallest absolute Gasteiger partial charge is 0.330 e. The van der Waals surface area contributed by atoms with Gasteiger partial charge >= 0.3 is 5.69 Å². The van der Waals surface area contributed by atoms with Crippen LogP contribution in [0.2, 0.25) is 5.02 Å². The van der Waals surface area contributed by atoms with Crippen molar-refractivity contribution in [1.29, 1.82) is 0 Å². The van der Waals surface area contributed by atoms with Crippen molar-refractivity contribution in [2.45, 2.75) is 31.6 Å². The summed E-state index contributed by atoms with van der Waals surface area (Å²) in [6, 6.07) is 7.25. The molecule has 1 fully saturated rings. The van der Waals surface area contributed by atoms with E-state index in [0.717, 1.165) is 43.7 Å². The van der Waals surface area contributed by atoms with Gasteiger partial charge in [-0.3, -0.25) is 0 Å². The number of H-pyrrole nitrogens is 1. The van der Waals surface area contributed by atoms with Gasteiger partial charge in [0.25, 0.3) is 0 Å². The fourth-order valence-electron chi connectivity index (χ4n) is 3.08. The van der Waals surface area contributed by atoms with Crippen LogP contribution in [0.3, 0.4) is 0 Å². The van der Waals surface area contributed by atoms with Gasteiger partial charge in [-0.1, -0.05) is 11.6 Å². The topological polar surface area (TPSA) is 76.7 Å². The zero-order valence-corrected chi connectivity index (χ0v) is 12.5. The fourth-order valence-corrected chi connectivity index (χ4v) is 3.21. The predicted octanol–water partition coefficient (Wildman–Crippen LogP) is 2.45. The van der Waals surface area contributed by atoms with E-state index in [4.69, 9.17) is 17.3 Å². The molecule has 1 heterocycles. The molecule has 3 N–H and O–H groups in total. The number of benzene rings is 1. The molecule has 6 heteroatoms. The Kier molecular flexibility index (Phi) is 4.12. The van der Waals surface area contributed by atoms with Crippen LogP contribution in [-0.2, 0) is 0 Å². The Balaban J connectivity index is 1.91. The number of hydrogen-bond donors (Lipinski definition) is 2. The minimum atomic E-state index is -0.201. The Labute approximate surface area is 128 Å². The van der Waals surface area contributed by atoms with Crippen molar-refractivity contribution >= 4 is 11.6 Å². The van der Waals surface area contributed by atoms with Crippen molar-refractivity contribution in [1.82, 2.24) is 14.8 Å². The third-order valence-electron chi connectivity index (χ3n) is 4.33. The van der Waals surface area contributed by atoms with Crippen LogP contribution in [0.4, 0.5) is 0 Å². The second kappa shape index (κ2) is 6.03. The van der Waals surface area contributed by atoms with Gasteiger partial charge in [-0.05, 0) is 62.4 Å². The summed E-state index contributed by atoms with van der Waals surface area (Å²) in [6.45, 7) is 0.747. The maximum atomic E-state index is 12.1. The average molecular weight is 307 g/mol. The van der Waals surface area contributed by atoms with Crippen molar-refractivity contribution < 1.29 is 0 Å². The summed E-state index contributed by atoms with van der Waals surface area (Å²) in [7, 11) is 0. The molecule has 5 nitrogen and oxygen atoms in total. The summed E-state index contributed by atoms with van der Waals surface area (Å²) >= 11 is 5.91. The SMILES string of the molecule is NCC1CCC(c2n[nH]c(=O)n2-c2ccc(Cl)cc2)CC1. The van der Waals surface area contributed by atoms with Gasteiger partial charge in [0.1, 0.15) is 5.82 Å². The molecule has 0 radical (unpaired) electrons. The van der Waals surface area contributed by atoms with Crippen molar-refractivity contribution in [3.63, 3.8) is 0 Å². The largest absolute Gasteiger partial charge is 0.347 e. The van der Waals surface area contributed by atoms with Crippen LogP contribution < -0.4 is 11.4 Å². The molecular formula is C15H19ClN4O. The second-order valence-electron chi connectivity index (χ2n) is 5.65. The fraction of sp³-hybridized carbons (Fsp3) is 0.467. The van der Waals surface area contributed by atoms with Gasteiger partial charge in [0, 0.05) is 10.9 Å². The van der Waals surface area contributed by atoms with E-state index in [1.54, 1.807) is 16.7 Å². The summed E-state index contributed by atoms with van der Waals surface area (Å²) in [5.41, 5.74) is 6.34. The lowest BCUT2D eigenvalue weighted by atomic mass is 9.81. The van der Waals surface area contributed by atoms with Gasteiger partial charge in [-0.25, -0.2) is 14.5 Å². The van der Waals surface area contributed by atoms with Gasteiger partial charge in [0.2, 0.25) is 0 Å². The first kappa shape index (κ1) is 14.4. The number of nitrogens with zero attached hydrogens (tertiary/aromatic N) is 2. The minimum Gasteiger partial charge on any atom is -0.330 e. The normalized spacial score (nSPS) is 22.4. The van der Waals surface area contributed by atoms with Crippen LogP contribution in [0, 0.1) is 5.92 Å². The van der Waals surface area contributed by atoms with Crippen LogP contribution >= 0.6 is 11.6 Å². The lowest BCUT2D eigenvalue weighted by molar-refractivity contribution is 0.323. The molecule has 0 spiro atoms. The monoisotopic (exact) mass is 306 g/mol. The van der Waals surface area contributed by atoms with Crippen LogP contribution in [0.25, 0.3) is 5.69 Å². The Morgan fingerprint density at radius 2 is 1.90 bits per heavy atom. The first-order valence-electron chi connectivity index (χ1n) is 7.32. The Bertz CT molecular complexity index is 653. The van der Waals surface area contributed by atoms with E-state index in [2.05, 4.69) is 10.2 Å². The van der Waals surface area contributed by atoms with E-state index in [0.29, 0.717) is 16.9 Å². The lowest BCUT2D eigenvalue weighted by Crippen LogP contribution is -2.24. The molecular weight excluding hydrogens is 288 g/mol. The van der Waals surface area contributed by atoms with Crippen molar-refractivity contribution in [3.05, 3.63) is 45.6 Å². The Morgan fingerprint density at radius 1 is 1.24 bits per heavy atom. The molecule has 0 atom stereocenters. The third kappa shape index (κ3) is 2.89. The molecule has 0 saturated heterocycles. The molecule has 2 aromatic rings. The number of halogens is 1. The van der Waals surface area contributed by atoms with E-state index < -0.39 is 0 Å². The van der Waals surface area contributed by atoms with Crippen molar-refractivity contribution in [2.75, 3.05) is 6.54 Å². The lowest BCUT2D eigenvalue weighted by Gasteiger charge is -2.27. The van der Waals surface area contributed by atoms with Crippen molar-refractivity contribution in [3.8, 4) is 5.69 Å². The van der Waals surface area contributed by atoms with Crippen molar-refractivity contribution in [2.24, 2.45) is 11.7 Å². The van der Waals surface area contributed by atoms with E-state index >= 15 is 0 Å². The average Bonchev–Trinajstić information content (AvgIpc) is 2.90. The molecule has 1 aliphatic carbocycles. The number of rotatable bonds is 3. The zero-order valence-electron chi connectivity index (χ0n) is 11.8. The van der Waals surface area contributed by atoms with E-state index in [1.807, 2.05) is 12.1 Å². The maximum absolute atomic E-state index is 12.1. The van der Waals surface area contributed by atoms with Gasteiger partial charge in [0.05, 0.1) is 5.69 Å². The van der Waals surface area contributed by atoms with Gasteiger partial charge in [-0.15, -0.1) is 0 Å². The number of nitrogens with one attached hydrogen (secondary N) is 1. The van der Waals surface area contributed by atoms with E-state index in [9.17, 15) is 4.79 Å². The molecule has 0 unspecified atom stereocenters. The van der Waals surface area contributed by atoms with Crippen LogP contribution in [0.15, 0.2) is 29.1 Å². The highest BCUT2D eigenvalue weighted by Gasteiger charge is 2.26.